The zero-order chi connectivity index (χ0) is 15.4. The number of fused-ring (bicyclic) bond motifs is 1. The Morgan fingerprint density at radius 3 is 2.29 bits per heavy atom. The van der Waals surface area contributed by atoms with Crippen LogP contribution in [-0.2, 0) is 0 Å². The molecule has 2 rings (SSSR count). The molecule has 0 atom stereocenters. The SMILES string of the molecule is CC(C)C(CNC(=O)c1ccc2nccnc2c1)C(C)C. The van der Waals surface area contributed by atoms with Crippen LogP contribution in [0, 0.1) is 17.8 Å². The van der Waals surface area contributed by atoms with E-state index in [1.165, 1.54) is 0 Å². The normalized spacial score (nSPS) is 11.6. The maximum atomic E-state index is 12.3. The van der Waals surface area contributed by atoms with Crippen molar-refractivity contribution < 1.29 is 4.79 Å². The van der Waals surface area contributed by atoms with Gasteiger partial charge in [0.2, 0.25) is 0 Å². The number of rotatable bonds is 5. The lowest BCUT2D eigenvalue weighted by Crippen LogP contribution is -2.33. The second-order valence-corrected chi connectivity index (χ2v) is 6.12. The van der Waals surface area contributed by atoms with Crippen molar-refractivity contribution in [3.05, 3.63) is 36.2 Å². The molecule has 1 aromatic carbocycles. The van der Waals surface area contributed by atoms with Crippen LogP contribution in [0.5, 0.6) is 0 Å². The molecule has 0 unspecified atom stereocenters. The number of aromatic nitrogens is 2. The predicted molar refractivity (Wildman–Crippen MR) is 85.0 cm³/mol. The Morgan fingerprint density at radius 2 is 1.67 bits per heavy atom. The first-order valence-electron chi connectivity index (χ1n) is 7.48. The smallest absolute Gasteiger partial charge is 0.251 e. The van der Waals surface area contributed by atoms with Gasteiger partial charge in [0.1, 0.15) is 0 Å². The van der Waals surface area contributed by atoms with E-state index in [1.54, 1.807) is 24.5 Å². The van der Waals surface area contributed by atoms with Crippen LogP contribution >= 0.6 is 0 Å². The molecule has 0 aliphatic carbocycles. The summed E-state index contributed by atoms with van der Waals surface area (Å²) in [6.07, 6.45) is 3.29. The van der Waals surface area contributed by atoms with E-state index >= 15 is 0 Å². The fraction of sp³-hybridized carbons (Fsp3) is 0.471. The fourth-order valence-corrected chi connectivity index (χ4v) is 2.66. The molecule has 1 N–H and O–H groups in total. The van der Waals surface area contributed by atoms with Gasteiger partial charge < -0.3 is 5.32 Å². The molecule has 112 valence electrons. The highest BCUT2D eigenvalue weighted by atomic mass is 16.1. The third kappa shape index (κ3) is 3.78. The molecule has 2 aromatic rings. The molecular weight excluding hydrogens is 262 g/mol. The second-order valence-electron chi connectivity index (χ2n) is 6.12. The Morgan fingerprint density at radius 1 is 1.05 bits per heavy atom. The summed E-state index contributed by atoms with van der Waals surface area (Å²) in [5.41, 5.74) is 2.18. The van der Waals surface area contributed by atoms with Crippen LogP contribution in [-0.4, -0.2) is 22.4 Å². The molecule has 4 heteroatoms. The number of hydrogen-bond donors (Lipinski definition) is 1. The van der Waals surface area contributed by atoms with Crippen molar-refractivity contribution in [3.8, 4) is 0 Å². The number of carbonyl (C=O) groups excluding carboxylic acids is 1. The van der Waals surface area contributed by atoms with E-state index in [4.69, 9.17) is 0 Å². The first-order valence-corrected chi connectivity index (χ1v) is 7.48. The second kappa shape index (κ2) is 6.66. The molecule has 0 spiro atoms. The van der Waals surface area contributed by atoms with Gasteiger partial charge in [0.15, 0.2) is 0 Å². The van der Waals surface area contributed by atoms with Gasteiger partial charge in [-0.3, -0.25) is 14.8 Å². The number of nitrogens with zero attached hydrogens (tertiary/aromatic N) is 2. The van der Waals surface area contributed by atoms with Gasteiger partial charge in [-0.25, -0.2) is 0 Å². The van der Waals surface area contributed by atoms with Gasteiger partial charge in [0, 0.05) is 24.5 Å². The molecule has 4 nitrogen and oxygen atoms in total. The van der Waals surface area contributed by atoms with Crippen molar-refractivity contribution in [2.24, 2.45) is 17.8 Å². The Kier molecular flexibility index (Phi) is 4.89. The van der Waals surface area contributed by atoms with E-state index in [9.17, 15) is 4.79 Å². The average molecular weight is 285 g/mol. The fourth-order valence-electron chi connectivity index (χ4n) is 2.66. The highest BCUT2D eigenvalue weighted by molar-refractivity contribution is 5.97. The number of amides is 1. The lowest BCUT2D eigenvalue weighted by molar-refractivity contribution is 0.0937. The Labute approximate surface area is 126 Å². The van der Waals surface area contributed by atoms with Gasteiger partial charge in [0.25, 0.3) is 5.91 Å². The summed E-state index contributed by atoms with van der Waals surface area (Å²) in [7, 11) is 0. The van der Waals surface area contributed by atoms with Crippen molar-refractivity contribution in [1.82, 2.24) is 15.3 Å². The topological polar surface area (TPSA) is 54.9 Å². The quantitative estimate of drug-likeness (QED) is 0.917. The maximum absolute atomic E-state index is 12.3. The third-order valence-electron chi connectivity index (χ3n) is 3.94. The van der Waals surface area contributed by atoms with Crippen LogP contribution < -0.4 is 5.32 Å². The van der Waals surface area contributed by atoms with Crippen molar-refractivity contribution >= 4 is 16.9 Å². The molecule has 0 saturated heterocycles. The largest absolute Gasteiger partial charge is 0.352 e. The van der Waals surface area contributed by atoms with Crippen molar-refractivity contribution in [2.75, 3.05) is 6.54 Å². The van der Waals surface area contributed by atoms with Crippen LogP contribution in [0.1, 0.15) is 38.1 Å². The van der Waals surface area contributed by atoms with E-state index in [2.05, 4.69) is 43.0 Å². The number of benzene rings is 1. The standard InChI is InChI=1S/C17H23N3O/c1-11(2)14(12(3)4)10-20-17(21)13-5-6-15-16(9-13)19-8-7-18-15/h5-9,11-12,14H,10H2,1-4H3,(H,20,21). The first-order chi connectivity index (χ1) is 9.99. The van der Waals surface area contributed by atoms with Gasteiger partial charge in [0.05, 0.1) is 11.0 Å². The third-order valence-corrected chi connectivity index (χ3v) is 3.94. The average Bonchev–Trinajstić information content (AvgIpc) is 2.46. The number of hydrogen-bond acceptors (Lipinski definition) is 3. The minimum absolute atomic E-state index is 0.0474. The molecule has 0 saturated carbocycles. The van der Waals surface area contributed by atoms with Gasteiger partial charge in [-0.05, 0) is 36.0 Å². The van der Waals surface area contributed by atoms with E-state index in [1.807, 2.05) is 6.07 Å². The van der Waals surface area contributed by atoms with E-state index in [-0.39, 0.29) is 5.91 Å². The Balaban J connectivity index is 2.08. The molecule has 21 heavy (non-hydrogen) atoms. The van der Waals surface area contributed by atoms with Crippen LogP contribution in [0.4, 0.5) is 0 Å². The van der Waals surface area contributed by atoms with Crippen LogP contribution in [0.3, 0.4) is 0 Å². The lowest BCUT2D eigenvalue weighted by Gasteiger charge is -2.25. The van der Waals surface area contributed by atoms with Crippen molar-refractivity contribution in [2.45, 2.75) is 27.7 Å². The molecule has 1 heterocycles. The van der Waals surface area contributed by atoms with Crippen LogP contribution in [0.15, 0.2) is 30.6 Å². The zero-order valence-electron chi connectivity index (χ0n) is 13.1. The molecular formula is C17H23N3O. The molecule has 0 bridgehead atoms. The predicted octanol–water partition coefficient (Wildman–Crippen LogP) is 3.29. The van der Waals surface area contributed by atoms with Gasteiger partial charge in [-0.1, -0.05) is 27.7 Å². The molecule has 1 aromatic heterocycles. The summed E-state index contributed by atoms with van der Waals surface area (Å²) < 4.78 is 0. The summed E-state index contributed by atoms with van der Waals surface area (Å²) in [6, 6.07) is 5.42. The zero-order valence-corrected chi connectivity index (χ0v) is 13.1. The highest BCUT2D eigenvalue weighted by Crippen LogP contribution is 2.19. The Hall–Kier alpha value is -1.97. The maximum Gasteiger partial charge on any atom is 0.251 e. The number of nitrogens with one attached hydrogen (secondary N) is 1. The number of carbonyl (C=O) groups is 1. The molecule has 1 amide bonds. The molecule has 0 radical (unpaired) electrons. The summed E-state index contributed by atoms with van der Waals surface area (Å²) in [6.45, 7) is 9.49. The van der Waals surface area contributed by atoms with Crippen molar-refractivity contribution in [1.29, 1.82) is 0 Å². The van der Waals surface area contributed by atoms with Gasteiger partial charge in [-0.15, -0.1) is 0 Å². The molecule has 0 aliphatic heterocycles. The van der Waals surface area contributed by atoms with Crippen LogP contribution in [0.2, 0.25) is 0 Å². The molecule has 0 fully saturated rings. The van der Waals surface area contributed by atoms with Gasteiger partial charge in [-0.2, -0.15) is 0 Å². The lowest BCUT2D eigenvalue weighted by atomic mass is 9.85. The van der Waals surface area contributed by atoms with Gasteiger partial charge >= 0.3 is 0 Å². The summed E-state index contributed by atoms with van der Waals surface area (Å²) >= 11 is 0. The van der Waals surface area contributed by atoms with E-state index in [0.717, 1.165) is 11.0 Å². The Bertz CT molecular complexity index is 614. The minimum Gasteiger partial charge on any atom is -0.352 e. The first kappa shape index (κ1) is 15.4. The van der Waals surface area contributed by atoms with Crippen molar-refractivity contribution in [3.63, 3.8) is 0 Å². The van der Waals surface area contributed by atoms with Crippen LogP contribution in [0.25, 0.3) is 11.0 Å². The summed E-state index contributed by atoms with van der Waals surface area (Å²) in [4.78, 5) is 20.7. The highest BCUT2D eigenvalue weighted by Gasteiger charge is 2.18. The van der Waals surface area contributed by atoms with E-state index in [0.29, 0.717) is 29.9 Å². The minimum atomic E-state index is -0.0474. The monoisotopic (exact) mass is 285 g/mol. The summed E-state index contributed by atoms with van der Waals surface area (Å²) in [5.74, 6) is 1.53. The summed E-state index contributed by atoms with van der Waals surface area (Å²) in [5, 5.41) is 3.04. The molecule has 0 aliphatic rings. The van der Waals surface area contributed by atoms with E-state index < -0.39 is 0 Å².